The van der Waals surface area contributed by atoms with Gasteiger partial charge in [0.15, 0.2) is 0 Å². The molecule has 0 spiro atoms. The highest BCUT2D eigenvalue weighted by molar-refractivity contribution is 5.16. The molecule has 6 nitrogen and oxygen atoms in total. The molecule has 76 valence electrons. The van der Waals surface area contributed by atoms with E-state index in [1.807, 2.05) is 12.1 Å². The molecular weight excluding hydrogens is 192 g/mol. The lowest BCUT2D eigenvalue weighted by Crippen LogP contribution is -2.07. The van der Waals surface area contributed by atoms with E-state index in [2.05, 4.69) is 15.0 Å². The Hall–Kier alpha value is -2.21. The molecule has 0 aliphatic heterocycles. The van der Waals surface area contributed by atoms with Gasteiger partial charge in [0.05, 0.1) is 12.1 Å². The maximum atomic E-state index is 8.41. The quantitative estimate of drug-likeness (QED) is 0.754. The van der Waals surface area contributed by atoms with E-state index < -0.39 is 0 Å². The third-order valence-corrected chi connectivity index (χ3v) is 1.67. The van der Waals surface area contributed by atoms with E-state index in [1.165, 1.54) is 0 Å². The van der Waals surface area contributed by atoms with Crippen molar-refractivity contribution in [1.82, 2.24) is 15.0 Å². The van der Waals surface area contributed by atoms with Crippen LogP contribution < -0.4 is 5.73 Å². The second kappa shape index (κ2) is 5.51. The van der Waals surface area contributed by atoms with E-state index in [9.17, 15) is 0 Å². The minimum Gasteiger partial charge on any atom is -0.368 e. The van der Waals surface area contributed by atoms with Gasteiger partial charge in [-0.1, -0.05) is 0 Å². The average molecular weight is 202 g/mol. The zero-order valence-corrected chi connectivity index (χ0v) is 8.14. The van der Waals surface area contributed by atoms with Crippen molar-refractivity contribution in [3.8, 4) is 12.1 Å². The molecule has 0 radical (unpaired) electrons. The van der Waals surface area contributed by atoms with Crippen LogP contribution in [-0.2, 0) is 12.8 Å². The fraction of sp³-hybridized carbons (Fsp3) is 0.444. The number of nitrogens with zero attached hydrogens (tertiary/aromatic N) is 5. The summed E-state index contributed by atoms with van der Waals surface area (Å²) in [6.07, 6.45) is 1.62. The Bertz CT molecular complexity index is 377. The van der Waals surface area contributed by atoms with E-state index >= 15 is 0 Å². The number of aromatic nitrogens is 3. The molecule has 0 aromatic carbocycles. The Morgan fingerprint density at radius 3 is 1.80 bits per heavy atom. The van der Waals surface area contributed by atoms with Gasteiger partial charge in [0, 0.05) is 25.7 Å². The van der Waals surface area contributed by atoms with Gasteiger partial charge in [0.25, 0.3) is 0 Å². The van der Waals surface area contributed by atoms with Gasteiger partial charge in [0.1, 0.15) is 11.6 Å². The first-order chi connectivity index (χ1) is 7.26. The van der Waals surface area contributed by atoms with E-state index in [0.717, 1.165) is 0 Å². The Morgan fingerprint density at radius 1 is 0.933 bits per heavy atom. The molecule has 2 N–H and O–H groups in total. The van der Waals surface area contributed by atoms with Crippen LogP contribution in [0.25, 0.3) is 0 Å². The Labute approximate surface area is 87.4 Å². The first kappa shape index (κ1) is 10.9. The van der Waals surface area contributed by atoms with Gasteiger partial charge in [-0.15, -0.1) is 0 Å². The second-order valence-corrected chi connectivity index (χ2v) is 2.84. The summed E-state index contributed by atoms with van der Waals surface area (Å²) in [5.41, 5.74) is 5.47. The van der Waals surface area contributed by atoms with Gasteiger partial charge in [-0.3, -0.25) is 0 Å². The van der Waals surface area contributed by atoms with Crippen LogP contribution in [-0.4, -0.2) is 15.0 Å². The molecule has 0 atom stereocenters. The molecule has 0 bridgehead atoms. The van der Waals surface area contributed by atoms with Gasteiger partial charge >= 0.3 is 0 Å². The molecule has 0 saturated carbocycles. The SMILES string of the molecule is N#CCCc1nc(N)nc(CCC#N)n1. The summed E-state index contributed by atoms with van der Waals surface area (Å²) in [5, 5.41) is 16.8. The highest BCUT2D eigenvalue weighted by atomic mass is 15.1. The average Bonchev–Trinajstić information content (AvgIpc) is 2.23. The molecule has 0 saturated heterocycles. The fourth-order valence-electron chi connectivity index (χ4n) is 1.05. The zero-order valence-electron chi connectivity index (χ0n) is 8.14. The molecule has 0 aliphatic rings. The minimum atomic E-state index is 0.144. The largest absolute Gasteiger partial charge is 0.368 e. The molecule has 0 amide bonds. The van der Waals surface area contributed by atoms with Crippen molar-refractivity contribution in [2.24, 2.45) is 0 Å². The van der Waals surface area contributed by atoms with E-state index in [0.29, 0.717) is 37.3 Å². The van der Waals surface area contributed by atoms with Gasteiger partial charge < -0.3 is 5.73 Å². The summed E-state index contributed by atoms with van der Waals surface area (Å²) >= 11 is 0. The van der Waals surface area contributed by atoms with Gasteiger partial charge in [-0.2, -0.15) is 20.5 Å². The van der Waals surface area contributed by atoms with Crippen molar-refractivity contribution in [2.45, 2.75) is 25.7 Å². The van der Waals surface area contributed by atoms with Crippen LogP contribution >= 0.6 is 0 Å². The number of hydrogen-bond donors (Lipinski definition) is 1. The van der Waals surface area contributed by atoms with Gasteiger partial charge in [-0.05, 0) is 0 Å². The lowest BCUT2D eigenvalue weighted by atomic mass is 10.3. The Kier molecular flexibility index (Phi) is 3.99. The molecule has 0 fully saturated rings. The van der Waals surface area contributed by atoms with E-state index in [4.69, 9.17) is 16.3 Å². The zero-order chi connectivity index (χ0) is 11.1. The van der Waals surface area contributed by atoms with Crippen LogP contribution in [0.4, 0.5) is 5.95 Å². The van der Waals surface area contributed by atoms with Crippen molar-refractivity contribution >= 4 is 5.95 Å². The lowest BCUT2D eigenvalue weighted by molar-refractivity contribution is 0.795. The lowest BCUT2D eigenvalue weighted by Gasteiger charge is -2.01. The van der Waals surface area contributed by atoms with Crippen LogP contribution in [0, 0.1) is 22.7 Å². The highest BCUT2D eigenvalue weighted by Crippen LogP contribution is 2.02. The highest BCUT2D eigenvalue weighted by Gasteiger charge is 2.03. The topological polar surface area (TPSA) is 112 Å². The normalized spacial score (nSPS) is 9.20. The van der Waals surface area contributed by atoms with Crippen molar-refractivity contribution in [1.29, 1.82) is 10.5 Å². The van der Waals surface area contributed by atoms with Crippen LogP contribution in [0.5, 0.6) is 0 Å². The molecular formula is C9H10N6. The maximum Gasteiger partial charge on any atom is 0.223 e. The summed E-state index contributed by atoms with van der Waals surface area (Å²) in [7, 11) is 0. The third kappa shape index (κ3) is 3.57. The van der Waals surface area contributed by atoms with Crippen LogP contribution in [0.3, 0.4) is 0 Å². The molecule has 1 rings (SSSR count). The molecule has 6 heteroatoms. The van der Waals surface area contributed by atoms with Crippen molar-refractivity contribution < 1.29 is 0 Å². The predicted molar refractivity (Wildman–Crippen MR) is 52.1 cm³/mol. The first-order valence-corrected chi connectivity index (χ1v) is 4.49. The molecule has 1 heterocycles. The number of nitrogens with two attached hydrogens (primary N) is 1. The van der Waals surface area contributed by atoms with E-state index in [-0.39, 0.29) is 5.95 Å². The smallest absolute Gasteiger partial charge is 0.223 e. The molecule has 1 aromatic heterocycles. The first-order valence-electron chi connectivity index (χ1n) is 4.49. The van der Waals surface area contributed by atoms with Crippen molar-refractivity contribution in [3.05, 3.63) is 11.6 Å². The third-order valence-electron chi connectivity index (χ3n) is 1.67. The second-order valence-electron chi connectivity index (χ2n) is 2.84. The number of aryl methyl sites for hydroxylation is 2. The van der Waals surface area contributed by atoms with Crippen molar-refractivity contribution in [2.75, 3.05) is 5.73 Å². The summed E-state index contributed by atoms with van der Waals surface area (Å²) in [6.45, 7) is 0. The number of hydrogen-bond acceptors (Lipinski definition) is 6. The van der Waals surface area contributed by atoms with Gasteiger partial charge in [0.2, 0.25) is 5.95 Å². The predicted octanol–water partition coefficient (Wildman–Crippen LogP) is 0.366. The van der Waals surface area contributed by atoms with Gasteiger partial charge in [-0.25, -0.2) is 4.98 Å². The number of rotatable bonds is 4. The summed E-state index contributed by atoms with van der Waals surface area (Å²) in [6, 6.07) is 4.01. The van der Waals surface area contributed by atoms with Crippen LogP contribution in [0.1, 0.15) is 24.5 Å². The fourth-order valence-corrected chi connectivity index (χ4v) is 1.05. The summed E-state index contributed by atoms with van der Waals surface area (Å²) in [5.74, 6) is 1.17. The number of nitrogen functional groups attached to an aromatic ring is 1. The van der Waals surface area contributed by atoms with Crippen LogP contribution in [0.15, 0.2) is 0 Å². The number of anilines is 1. The van der Waals surface area contributed by atoms with Crippen LogP contribution in [0.2, 0.25) is 0 Å². The summed E-state index contributed by atoms with van der Waals surface area (Å²) < 4.78 is 0. The van der Waals surface area contributed by atoms with E-state index in [1.54, 1.807) is 0 Å². The maximum absolute atomic E-state index is 8.41. The molecule has 1 aromatic rings. The minimum absolute atomic E-state index is 0.144. The Balaban J connectivity index is 2.77. The molecule has 15 heavy (non-hydrogen) atoms. The molecule has 0 unspecified atom stereocenters. The monoisotopic (exact) mass is 202 g/mol. The summed E-state index contributed by atoms with van der Waals surface area (Å²) in [4.78, 5) is 11.9. The number of nitriles is 2. The van der Waals surface area contributed by atoms with Crippen molar-refractivity contribution in [3.63, 3.8) is 0 Å². The standard InChI is InChI=1S/C9H10N6/c10-5-1-3-7-13-8(4-2-6-11)15-9(12)14-7/h1-4H2,(H2,12,13,14,15). The Morgan fingerprint density at radius 2 is 1.40 bits per heavy atom. The molecule has 0 aliphatic carbocycles.